The topological polar surface area (TPSA) is 40.5 Å². The monoisotopic (exact) mass is 1070 g/mol. The Morgan fingerprint density at radius 2 is 0.529 bits per heavy atom. The van der Waals surface area contributed by atoms with Crippen molar-refractivity contribution in [3.63, 3.8) is 0 Å². The number of rotatable bonds is 35. The van der Waals surface area contributed by atoms with Crippen LogP contribution in [0.25, 0.3) is 0 Å². The molecule has 0 aromatic carbocycles. The fourth-order valence-corrected chi connectivity index (χ4v) is 7.23. The third kappa shape index (κ3) is 17.0. The highest BCUT2D eigenvalue weighted by Gasteiger charge is 2.95. The average molecular weight is 1070 g/mol. The molecule has 0 aliphatic rings. The fraction of sp³-hybridized carbons (Fsp3) is 1.00. The van der Waals surface area contributed by atoms with E-state index in [2.05, 4.69) is 0 Å². The lowest BCUT2D eigenvalue weighted by Crippen LogP contribution is -2.74. The van der Waals surface area contributed by atoms with Gasteiger partial charge in [-0.1, -0.05) is 77.0 Å². The first-order valence-corrected chi connectivity index (χ1v) is 20.7. The van der Waals surface area contributed by atoms with Crippen molar-refractivity contribution in [3.8, 4) is 0 Å². The van der Waals surface area contributed by atoms with Crippen LogP contribution in [0.3, 0.4) is 0 Å². The van der Waals surface area contributed by atoms with Crippen LogP contribution in [0.1, 0.15) is 135 Å². The summed E-state index contributed by atoms with van der Waals surface area (Å²) in [6, 6.07) is 0. The number of unbranched alkanes of at least 4 members (excludes halogenated alkanes) is 12. The smallest absolute Gasteiger partial charge is 0.396 e. The zero-order chi connectivity index (χ0) is 53.9. The van der Waals surface area contributed by atoms with Gasteiger partial charge in [0.1, 0.15) is 0 Å². The average Bonchev–Trinajstić information content (AvgIpc) is 3.13. The number of hydrogen-bond acceptors (Lipinski definition) is 2. The van der Waals surface area contributed by atoms with Crippen molar-refractivity contribution in [2.24, 2.45) is 11.8 Å². The summed E-state index contributed by atoms with van der Waals surface area (Å²) in [7, 11) is 0. The maximum Gasteiger partial charge on any atom is 0.460 e. The van der Waals surface area contributed by atoms with E-state index in [-0.39, 0.29) is 64.6 Å². The molecule has 0 heterocycles. The summed E-state index contributed by atoms with van der Waals surface area (Å²) in [6.07, 6.45) is -32.0. The lowest BCUT2D eigenvalue weighted by molar-refractivity contribution is -0.462. The quantitative estimate of drug-likeness (QED) is 0.0491. The van der Waals surface area contributed by atoms with Crippen molar-refractivity contribution in [2.45, 2.75) is 212 Å². The molecule has 0 saturated heterocycles. The maximum absolute atomic E-state index is 15.5. The second-order valence-electron chi connectivity index (χ2n) is 16.9. The molecule has 2 N–H and O–H groups in total. The number of halogens is 28. The Kier molecular flexibility index (Phi) is 23.4. The highest BCUT2D eigenvalue weighted by molar-refractivity contribution is 5.15. The summed E-state index contributed by atoms with van der Waals surface area (Å²) < 4.78 is 392. The molecule has 0 aliphatic heterocycles. The molecule has 2 unspecified atom stereocenters. The van der Waals surface area contributed by atoms with Gasteiger partial charge in [-0.15, -0.1) is 0 Å². The SMILES string of the molecule is OCCCCCCCCCC(CC(F)(F)CC(F)(F)CC(F)(F)CC(F)(F)C(F)(F)F)C(CCCCCCCCCO)CC(F)(F)C(F)(F)C(F)(F)C(F)(F)C(F)(F)C(F)(F)C(F)(F)C(F)(F)F. The standard InChI is InChI=1S/C38H50F28O2/c39-26(40,21-27(41,42)22-28(43,44)23-30(47,48)37(61,62)63)19-24(15-11-7-3-1-5-9-13-17-67)25(16-12-8-4-2-6-10-14-18-68)20-29(45,46)31(49,50)32(51,52)33(53,54)34(55,56)35(57,58)36(59,60)38(64,65)66/h24-25,67-68H,1-23H2. The second kappa shape index (κ2) is 24.1. The van der Waals surface area contributed by atoms with Gasteiger partial charge in [0.2, 0.25) is 0 Å². The van der Waals surface area contributed by atoms with Crippen molar-refractivity contribution in [1.82, 2.24) is 0 Å². The minimum absolute atomic E-state index is 0.0335. The Morgan fingerprint density at radius 3 is 0.868 bits per heavy atom. The molecular formula is C38H50F28O2. The Balaban J connectivity index is 7.34. The van der Waals surface area contributed by atoms with Crippen LogP contribution >= 0.6 is 0 Å². The van der Waals surface area contributed by atoms with Gasteiger partial charge in [0.15, 0.2) is 0 Å². The zero-order valence-corrected chi connectivity index (χ0v) is 35.4. The van der Waals surface area contributed by atoms with Crippen molar-refractivity contribution in [3.05, 3.63) is 0 Å². The van der Waals surface area contributed by atoms with Gasteiger partial charge in [0.05, 0.1) is 19.3 Å². The van der Waals surface area contributed by atoms with E-state index in [1.165, 1.54) is 0 Å². The van der Waals surface area contributed by atoms with Crippen molar-refractivity contribution >= 4 is 0 Å². The van der Waals surface area contributed by atoms with Crippen LogP contribution in [0.5, 0.6) is 0 Å². The number of alkyl halides is 28. The summed E-state index contributed by atoms with van der Waals surface area (Å²) in [5, 5.41) is 17.7. The van der Waals surface area contributed by atoms with Gasteiger partial charge in [0.25, 0.3) is 17.8 Å². The highest BCUT2D eigenvalue weighted by Crippen LogP contribution is 2.65. The van der Waals surface area contributed by atoms with Crippen molar-refractivity contribution < 1.29 is 133 Å². The fourth-order valence-electron chi connectivity index (χ4n) is 7.23. The second-order valence-corrected chi connectivity index (χ2v) is 16.9. The molecule has 0 aromatic heterocycles. The molecule has 2 atom stereocenters. The third-order valence-electron chi connectivity index (χ3n) is 10.9. The minimum atomic E-state index is -8.98. The van der Waals surface area contributed by atoms with E-state index in [9.17, 15) is 96.6 Å². The Labute approximate surface area is 370 Å². The maximum atomic E-state index is 15.5. The van der Waals surface area contributed by atoms with Gasteiger partial charge >= 0.3 is 59.7 Å². The van der Waals surface area contributed by atoms with E-state index in [1.54, 1.807) is 0 Å². The summed E-state index contributed by atoms with van der Waals surface area (Å²) >= 11 is 0. The zero-order valence-electron chi connectivity index (χ0n) is 35.4. The molecule has 0 aromatic rings. The van der Waals surface area contributed by atoms with E-state index >= 15 is 26.3 Å². The van der Waals surface area contributed by atoms with E-state index in [1.807, 2.05) is 0 Å². The predicted octanol–water partition coefficient (Wildman–Crippen LogP) is 16.5. The van der Waals surface area contributed by atoms with Gasteiger partial charge in [-0.2, -0.15) is 96.6 Å². The van der Waals surface area contributed by atoms with Crippen molar-refractivity contribution in [1.29, 1.82) is 0 Å². The van der Waals surface area contributed by atoms with E-state index in [0.717, 1.165) is 0 Å². The first kappa shape index (κ1) is 66.0. The van der Waals surface area contributed by atoms with Crippen LogP contribution in [-0.4, -0.2) is 101 Å². The van der Waals surface area contributed by atoms with Gasteiger partial charge in [-0.05, 0) is 37.5 Å². The summed E-state index contributed by atoms with van der Waals surface area (Å²) in [5.41, 5.74) is 0. The van der Waals surface area contributed by atoms with Crippen LogP contribution < -0.4 is 0 Å². The number of aliphatic hydroxyl groups excluding tert-OH is 2. The van der Waals surface area contributed by atoms with Crippen LogP contribution in [0, 0.1) is 11.8 Å². The third-order valence-corrected chi connectivity index (χ3v) is 10.9. The van der Waals surface area contributed by atoms with Gasteiger partial charge in [-0.25, -0.2) is 26.3 Å². The van der Waals surface area contributed by atoms with E-state index < -0.39 is 147 Å². The molecular weight excluding hydrogens is 1020 g/mol. The molecule has 0 saturated carbocycles. The van der Waals surface area contributed by atoms with Crippen LogP contribution in [-0.2, 0) is 0 Å². The predicted molar refractivity (Wildman–Crippen MR) is 185 cm³/mol. The highest BCUT2D eigenvalue weighted by atomic mass is 19.4. The summed E-state index contributed by atoms with van der Waals surface area (Å²) in [4.78, 5) is 0. The Morgan fingerprint density at radius 1 is 0.250 bits per heavy atom. The summed E-state index contributed by atoms with van der Waals surface area (Å²) in [6.45, 7) is -0.530. The van der Waals surface area contributed by atoms with Gasteiger partial charge in [0, 0.05) is 26.1 Å². The van der Waals surface area contributed by atoms with Gasteiger partial charge < -0.3 is 10.2 Å². The minimum Gasteiger partial charge on any atom is -0.396 e. The molecule has 0 radical (unpaired) electrons. The van der Waals surface area contributed by atoms with E-state index in [4.69, 9.17) is 10.2 Å². The molecule has 68 heavy (non-hydrogen) atoms. The van der Waals surface area contributed by atoms with Crippen LogP contribution in [0.15, 0.2) is 0 Å². The van der Waals surface area contributed by atoms with Crippen molar-refractivity contribution in [2.75, 3.05) is 13.2 Å². The lowest BCUT2D eigenvalue weighted by Gasteiger charge is -2.43. The molecule has 2 nitrogen and oxygen atoms in total. The molecule has 30 heteroatoms. The lowest BCUT2D eigenvalue weighted by atomic mass is 9.75. The number of hydrogen-bond donors (Lipinski definition) is 2. The van der Waals surface area contributed by atoms with Crippen LogP contribution in [0.4, 0.5) is 123 Å². The van der Waals surface area contributed by atoms with Crippen LogP contribution in [0.2, 0.25) is 0 Å². The molecule has 0 amide bonds. The first-order chi connectivity index (χ1) is 30.2. The van der Waals surface area contributed by atoms with Gasteiger partial charge in [-0.3, -0.25) is 0 Å². The summed E-state index contributed by atoms with van der Waals surface area (Å²) in [5.74, 6) is -87.8. The molecule has 0 rings (SSSR count). The molecule has 0 bridgehead atoms. The van der Waals surface area contributed by atoms with E-state index in [0.29, 0.717) is 25.7 Å². The molecule has 0 fully saturated rings. The Bertz CT molecular complexity index is 1460. The molecule has 410 valence electrons. The number of aliphatic hydroxyl groups is 2. The Hall–Kier alpha value is -2.04. The molecule has 0 spiro atoms. The molecule has 0 aliphatic carbocycles. The normalized spacial score (nSPS) is 16.1. The largest absolute Gasteiger partial charge is 0.460 e. The first-order valence-electron chi connectivity index (χ1n) is 20.7.